The standard InChI is InChI=1S/C13H18O3/c1-3-5-6-8-12-16-13(14)10-7-9-11-15-4-2/h1H,4-7,9-11H2,2H3. The predicted molar refractivity (Wildman–Crippen MR) is 62.3 cm³/mol. The average molecular weight is 222 g/mol. The van der Waals surface area contributed by atoms with Gasteiger partial charge < -0.3 is 9.47 Å². The van der Waals surface area contributed by atoms with Gasteiger partial charge in [0, 0.05) is 32.5 Å². The van der Waals surface area contributed by atoms with E-state index in [1.807, 2.05) is 6.92 Å². The molecule has 0 aliphatic rings. The second-order valence-corrected chi connectivity index (χ2v) is 3.11. The van der Waals surface area contributed by atoms with Gasteiger partial charge in [-0.25, -0.2) is 0 Å². The zero-order valence-electron chi connectivity index (χ0n) is 9.75. The Balaban J connectivity index is 3.37. The van der Waals surface area contributed by atoms with E-state index in [1.165, 1.54) is 0 Å². The van der Waals surface area contributed by atoms with E-state index in [9.17, 15) is 4.79 Å². The molecule has 0 fully saturated rings. The maximum Gasteiger partial charge on any atom is 0.319 e. The van der Waals surface area contributed by atoms with Crippen molar-refractivity contribution < 1.29 is 14.3 Å². The summed E-state index contributed by atoms with van der Waals surface area (Å²) in [5.41, 5.74) is 0. The maximum absolute atomic E-state index is 11.1. The van der Waals surface area contributed by atoms with Crippen LogP contribution in [0.1, 0.15) is 39.0 Å². The first-order valence-electron chi connectivity index (χ1n) is 5.50. The Labute approximate surface area is 97.5 Å². The van der Waals surface area contributed by atoms with Crippen LogP contribution < -0.4 is 0 Å². The van der Waals surface area contributed by atoms with Crippen LogP contribution in [0, 0.1) is 24.4 Å². The molecular weight excluding hydrogens is 204 g/mol. The summed E-state index contributed by atoms with van der Waals surface area (Å²) in [6, 6.07) is 0. The lowest BCUT2D eigenvalue weighted by Crippen LogP contribution is -2.01. The third-order valence-corrected chi connectivity index (χ3v) is 1.76. The fourth-order valence-electron chi connectivity index (χ4n) is 0.948. The van der Waals surface area contributed by atoms with Crippen LogP contribution in [0.25, 0.3) is 0 Å². The molecule has 0 aliphatic heterocycles. The number of esters is 1. The molecule has 0 aromatic rings. The van der Waals surface area contributed by atoms with Gasteiger partial charge in [0.1, 0.15) is 6.11 Å². The highest BCUT2D eigenvalue weighted by molar-refractivity contribution is 5.70. The van der Waals surface area contributed by atoms with Crippen LogP contribution in [0.2, 0.25) is 0 Å². The molecule has 0 rings (SSSR count). The molecule has 0 atom stereocenters. The Morgan fingerprint density at radius 2 is 2.12 bits per heavy atom. The summed E-state index contributed by atoms with van der Waals surface area (Å²) in [5, 5.41) is 0. The van der Waals surface area contributed by atoms with Gasteiger partial charge in [-0.05, 0) is 19.8 Å². The third-order valence-electron chi connectivity index (χ3n) is 1.76. The lowest BCUT2D eigenvalue weighted by atomic mass is 10.2. The van der Waals surface area contributed by atoms with Crippen molar-refractivity contribution in [2.75, 3.05) is 13.2 Å². The Bertz CT molecular complexity index is 278. The van der Waals surface area contributed by atoms with Crippen molar-refractivity contribution in [3.05, 3.63) is 0 Å². The summed E-state index contributed by atoms with van der Waals surface area (Å²) in [6.07, 6.45) is 10.6. The van der Waals surface area contributed by atoms with Crippen LogP contribution in [-0.2, 0) is 14.3 Å². The molecule has 0 amide bonds. The fourth-order valence-corrected chi connectivity index (χ4v) is 0.948. The van der Waals surface area contributed by atoms with Gasteiger partial charge in [0.15, 0.2) is 0 Å². The fraction of sp³-hybridized carbons (Fsp3) is 0.615. The van der Waals surface area contributed by atoms with Gasteiger partial charge in [0.05, 0.1) is 0 Å². The lowest BCUT2D eigenvalue weighted by Gasteiger charge is -1.99. The predicted octanol–water partition coefficient (Wildman–Crippen LogP) is 2.11. The monoisotopic (exact) mass is 222 g/mol. The first-order valence-corrected chi connectivity index (χ1v) is 5.50. The maximum atomic E-state index is 11.1. The number of rotatable bonds is 7. The molecule has 0 N–H and O–H groups in total. The molecule has 88 valence electrons. The largest absolute Gasteiger partial charge is 0.382 e. The minimum absolute atomic E-state index is 0.287. The van der Waals surface area contributed by atoms with Crippen molar-refractivity contribution in [1.82, 2.24) is 0 Å². The molecular formula is C13H18O3. The first-order chi connectivity index (χ1) is 7.81. The normalized spacial score (nSPS) is 8.75. The minimum atomic E-state index is -0.287. The summed E-state index contributed by atoms with van der Waals surface area (Å²) in [5.74, 6) is 4.83. The second-order valence-electron chi connectivity index (χ2n) is 3.11. The van der Waals surface area contributed by atoms with E-state index < -0.39 is 0 Å². The van der Waals surface area contributed by atoms with E-state index in [0.29, 0.717) is 32.5 Å². The van der Waals surface area contributed by atoms with Gasteiger partial charge in [-0.1, -0.05) is 5.92 Å². The third kappa shape index (κ3) is 10.6. The van der Waals surface area contributed by atoms with Crippen molar-refractivity contribution in [3.8, 4) is 24.4 Å². The van der Waals surface area contributed by atoms with E-state index in [1.54, 1.807) is 0 Å². The summed E-state index contributed by atoms with van der Waals surface area (Å²) in [7, 11) is 0. The summed E-state index contributed by atoms with van der Waals surface area (Å²) < 4.78 is 9.83. The number of hydrogen-bond acceptors (Lipinski definition) is 3. The van der Waals surface area contributed by atoms with Crippen LogP contribution in [0.15, 0.2) is 0 Å². The Hall–Kier alpha value is -1.45. The second kappa shape index (κ2) is 11.6. The summed E-state index contributed by atoms with van der Waals surface area (Å²) in [4.78, 5) is 11.1. The van der Waals surface area contributed by atoms with Gasteiger partial charge in [-0.3, -0.25) is 4.79 Å². The first kappa shape index (κ1) is 14.6. The van der Waals surface area contributed by atoms with Gasteiger partial charge >= 0.3 is 5.97 Å². The van der Waals surface area contributed by atoms with Gasteiger partial charge in [0.2, 0.25) is 0 Å². The topological polar surface area (TPSA) is 35.5 Å². The molecule has 3 nitrogen and oxygen atoms in total. The quantitative estimate of drug-likeness (QED) is 0.376. The number of carbonyl (C=O) groups excluding carboxylic acids is 1. The summed E-state index contributed by atoms with van der Waals surface area (Å²) >= 11 is 0. The summed E-state index contributed by atoms with van der Waals surface area (Å²) in [6.45, 7) is 3.35. The molecule has 16 heavy (non-hydrogen) atoms. The molecule has 0 spiro atoms. The molecule has 0 aromatic carbocycles. The molecule has 0 radical (unpaired) electrons. The van der Waals surface area contributed by atoms with Gasteiger partial charge in [0.25, 0.3) is 0 Å². The molecule has 0 heterocycles. The van der Waals surface area contributed by atoms with Crippen molar-refractivity contribution in [2.24, 2.45) is 0 Å². The molecule has 0 saturated heterocycles. The van der Waals surface area contributed by atoms with Crippen LogP contribution in [0.4, 0.5) is 0 Å². The number of carbonyl (C=O) groups is 1. The van der Waals surface area contributed by atoms with E-state index in [0.717, 1.165) is 12.8 Å². The molecule has 0 bridgehead atoms. The van der Waals surface area contributed by atoms with Gasteiger partial charge in [-0.2, -0.15) is 0 Å². The van der Waals surface area contributed by atoms with Crippen molar-refractivity contribution in [2.45, 2.75) is 39.0 Å². The average Bonchev–Trinajstić information content (AvgIpc) is 2.28. The van der Waals surface area contributed by atoms with Crippen molar-refractivity contribution >= 4 is 5.97 Å². The zero-order chi connectivity index (χ0) is 12.1. The SMILES string of the molecule is C#CCCC#COC(=O)CCCCOCC. The number of ether oxygens (including phenoxy) is 2. The van der Waals surface area contributed by atoms with Crippen LogP contribution >= 0.6 is 0 Å². The highest BCUT2D eigenvalue weighted by Crippen LogP contribution is 1.97. The Morgan fingerprint density at radius 1 is 1.31 bits per heavy atom. The highest BCUT2D eigenvalue weighted by Gasteiger charge is 2.00. The molecule has 3 heteroatoms. The molecule has 0 unspecified atom stereocenters. The minimum Gasteiger partial charge on any atom is -0.382 e. The highest BCUT2D eigenvalue weighted by atomic mass is 16.5. The van der Waals surface area contributed by atoms with Crippen LogP contribution in [0.5, 0.6) is 0 Å². The lowest BCUT2D eigenvalue weighted by molar-refractivity contribution is -0.137. The Kier molecular flexibility index (Phi) is 10.6. The number of hydrogen-bond donors (Lipinski definition) is 0. The van der Waals surface area contributed by atoms with E-state index >= 15 is 0 Å². The van der Waals surface area contributed by atoms with Crippen molar-refractivity contribution in [1.29, 1.82) is 0 Å². The van der Waals surface area contributed by atoms with Gasteiger partial charge in [-0.15, -0.1) is 12.3 Å². The molecule has 0 saturated carbocycles. The van der Waals surface area contributed by atoms with Crippen LogP contribution in [0.3, 0.4) is 0 Å². The van der Waals surface area contributed by atoms with Crippen LogP contribution in [-0.4, -0.2) is 19.2 Å². The number of unbranched alkanes of at least 4 members (excludes halogenated alkanes) is 2. The van der Waals surface area contributed by atoms with E-state index in [2.05, 4.69) is 22.7 Å². The van der Waals surface area contributed by atoms with E-state index in [-0.39, 0.29) is 5.97 Å². The molecule has 0 aromatic heterocycles. The Morgan fingerprint density at radius 3 is 2.81 bits per heavy atom. The van der Waals surface area contributed by atoms with Crippen molar-refractivity contribution in [3.63, 3.8) is 0 Å². The molecule has 0 aliphatic carbocycles. The smallest absolute Gasteiger partial charge is 0.319 e. The van der Waals surface area contributed by atoms with E-state index in [4.69, 9.17) is 11.2 Å². The number of terminal acetylenes is 1. The zero-order valence-corrected chi connectivity index (χ0v) is 9.75.